The van der Waals surface area contributed by atoms with Crippen LogP contribution in [0.3, 0.4) is 0 Å². The third-order valence-corrected chi connectivity index (χ3v) is 5.30. The van der Waals surface area contributed by atoms with Gasteiger partial charge in [-0.3, -0.25) is 4.79 Å². The SMILES string of the molecule is Cn1c(COc2ccc(F)cc2Cl)nnc1SCC(=O)Nc1cccc(C(F)(F)F)c1. The number of anilines is 1. The lowest BCUT2D eigenvalue weighted by Gasteiger charge is -2.10. The van der Waals surface area contributed by atoms with Crippen LogP contribution in [0.25, 0.3) is 0 Å². The lowest BCUT2D eigenvalue weighted by atomic mass is 10.2. The van der Waals surface area contributed by atoms with Crippen LogP contribution in [0.15, 0.2) is 47.6 Å². The zero-order valence-corrected chi connectivity index (χ0v) is 17.5. The van der Waals surface area contributed by atoms with Crippen LogP contribution >= 0.6 is 23.4 Å². The Kier molecular flexibility index (Phi) is 7.06. The van der Waals surface area contributed by atoms with Gasteiger partial charge in [-0.15, -0.1) is 10.2 Å². The number of thioether (sulfide) groups is 1. The van der Waals surface area contributed by atoms with E-state index in [1.54, 1.807) is 11.6 Å². The molecule has 0 aliphatic carbocycles. The van der Waals surface area contributed by atoms with Gasteiger partial charge in [-0.1, -0.05) is 29.4 Å². The molecule has 0 unspecified atom stereocenters. The Morgan fingerprint density at radius 1 is 1.23 bits per heavy atom. The molecule has 0 saturated carbocycles. The van der Waals surface area contributed by atoms with E-state index < -0.39 is 23.5 Å². The maximum absolute atomic E-state index is 13.1. The minimum absolute atomic E-state index is 0.00580. The van der Waals surface area contributed by atoms with Crippen LogP contribution in [0.4, 0.5) is 23.2 Å². The summed E-state index contributed by atoms with van der Waals surface area (Å²) in [6.45, 7) is 0.00580. The van der Waals surface area contributed by atoms with Crippen molar-refractivity contribution >= 4 is 35.0 Å². The molecule has 1 N–H and O–H groups in total. The molecule has 0 aliphatic rings. The van der Waals surface area contributed by atoms with E-state index in [-0.39, 0.29) is 28.8 Å². The summed E-state index contributed by atoms with van der Waals surface area (Å²) in [5, 5.41) is 10.9. The van der Waals surface area contributed by atoms with E-state index in [4.69, 9.17) is 16.3 Å². The van der Waals surface area contributed by atoms with Crippen LogP contribution in [0.5, 0.6) is 5.75 Å². The van der Waals surface area contributed by atoms with Gasteiger partial charge in [0.05, 0.1) is 16.3 Å². The minimum Gasteiger partial charge on any atom is -0.484 e. The summed E-state index contributed by atoms with van der Waals surface area (Å²) in [6, 6.07) is 8.10. The molecule has 3 aromatic rings. The molecule has 1 aromatic heterocycles. The lowest BCUT2D eigenvalue weighted by molar-refractivity contribution is -0.137. The van der Waals surface area contributed by atoms with Crippen molar-refractivity contribution in [3.63, 3.8) is 0 Å². The predicted octanol–water partition coefficient (Wildman–Crippen LogP) is 4.94. The number of aromatic nitrogens is 3. The molecule has 1 amide bonds. The zero-order chi connectivity index (χ0) is 22.6. The quantitative estimate of drug-likeness (QED) is 0.388. The first-order chi connectivity index (χ1) is 14.6. The summed E-state index contributed by atoms with van der Waals surface area (Å²) < 4.78 is 58.5. The van der Waals surface area contributed by atoms with Crippen LogP contribution in [-0.4, -0.2) is 26.4 Å². The molecule has 12 heteroatoms. The average molecular weight is 475 g/mol. The highest BCUT2D eigenvalue weighted by Crippen LogP contribution is 2.31. The summed E-state index contributed by atoms with van der Waals surface area (Å²) in [7, 11) is 1.66. The third-order valence-electron chi connectivity index (χ3n) is 3.98. The van der Waals surface area contributed by atoms with Gasteiger partial charge in [0.25, 0.3) is 0 Å². The summed E-state index contributed by atoms with van der Waals surface area (Å²) in [5.74, 6) is -0.365. The second kappa shape index (κ2) is 9.56. The van der Waals surface area contributed by atoms with Crippen molar-refractivity contribution in [1.82, 2.24) is 14.8 Å². The topological polar surface area (TPSA) is 69.0 Å². The van der Waals surface area contributed by atoms with E-state index in [0.29, 0.717) is 11.0 Å². The van der Waals surface area contributed by atoms with Crippen molar-refractivity contribution in [2.24, 2.45) is 7.05 Å². The van der Waals surface area contributed by atoms with Gasteiger partial charge in [-0.05, 0) is 36.4 Å². The van der Waals surface area contributed by atoms with Crippen LogP contribution < -0.4 is 10.1 Å². The number of benzene rings is 2. The second-order valence-electron chi connectivity index (χ2n) is 6.24. The largest absolute Gasteiger partial charge is 0.484 e. The zero-order valence-electron chi connectivity index (χ0n) is 15.9. The summed E-state index contributed by atoms with van der Waals surface area (Å²) in [4.78, 5) is 12.1. The Morgan fingerprint density at radius 3 is 2.71 bits per heavy atom. The van der Waals surface area contributed by atoms with Crippen LogP contribution in [-0.2, 0) is 24.6 Å². The number of carbonyl (C=O) groups is 1. The molecular formula is C19H15ClF4N4O2S. The molecule has 164 valence electrons. The fraction of sp³-hybridized carbons (Fsp3) is 0.211. The van der Waals surface area contributed by atoms with E-state index in [9.17, 15) is 22.4 Å². The Bertz CT molecular complexity index is 1090. The van der Waals surface area contributed by atoms with E-state index in [1.807, 2.05) is 0 Å². The Morgan fingerprint density at radius 2 is 2.00 bits per heavy atom. The second-order valence-corrected chi connectivity index (χ2v) is 7.59. The van der Waals surface area contributed by atoms with Gasteiger partial charge in [0, 0.05) is 12.7 Å². The molecule has 0 aliphatic heterocycles. The number of hydrogen-bond donors (Lipinski definition) is 1. The number of rotatable bonds is 7. The number of nitrogens with zero attached hydrogens (tertiary/aromatic N) is 3. The van der Waals surface area contributed by atoms with Gasteiger partial charge >= 0.3 is 6.18 Å². The normalized spacial score (nSPS) is 11.4. The first-order valence-corrected chi connectivity index (χ1v) is 10.1. The van der Waals surface area contributed by atoms with Crippen molar-refractivity contribution in [3.8, 4) is 5.75 Å². The fourth-order valence-corrected chi connectivity index (χ4v) is 3.38. The van der Waals surface area contributed by atoms with E-state index >= 15 is 0 Å². The molecule has 1 heterocycles. The van der Waals surface area contributed by atoms with Gasteiger partial charge in [0.1, 0.15) is 18.2 Å². The van der Waals surface area contributed by atoms with E-state index in [2.05, 4.69) is 15.5 Å². The first-order valence-electron chi connectivity index (χ1n) is 8.69. The lowest BCUT2D eigenvalue weighted by Crippen LogP contribution is -2.15. The number of hydrogen-bond acceptors (Lipinski definition) is 5. The first kappa shape index (κ1) is 22.9. The monoisotopic (exact) mass is 474 g/mol. The molecule has 6 nitrogen and oxygen atoms in total. The molecule has 0 bridgehead atoms. The molecule has 31 heavy (non-hydrogen) atoms. The highest BCUT2D eigenvalue weighted by Gasteiger charge is 2.30. The molecule has 2 aromatic carbocycles. The Hall–Kier alpha value is -2.79. The van der Waals surface area contributed by atoms with Gasteiger partial charge in [0.15, 0.2) is 11.0 Å². The number of ether oxygens (including phenoxy) is 1. The molecule has 0 fully saturated rings. The van der Waals surface area contributed by atoms with Gasteiger partial charge in [0.2, 0.25) is 5.91 Å². The third kappa shape index (κ3) is 6.11. The van der Waals surface area contributed by atoms with Gasteiger partial charge in [-0.2, -0.15) is 13.2 Å². The van der Waals surface area contributed by atoms with Crippen LogP contribution in [0, 0.1) is 5.82 Å². The Labute approximate surface area is 183 Å². The van der Waals surface area contributed by atoms with Crippen molar-refractivity contribution in [3.05, 3.63) is 64.7 Å². The highest BCUT2D eigenvalue weighted by molar-refractivity contribution is 7.99. The molecule has 0 spiro atoms. The molecule has 3 rings (SSSR count). The van der Waals surface area contributed by atoms with E-state index in [1.165, 1.54) is 24.3 Å². The van der Waals surface area contributed by atoms with Gasteiger partial charge < -0.3 is 14.6 Å². The molecule has 0 radical (unpaired) electrons. The number of amides is 1. The van der Waals surface area contributed by atoms with Crippen molar-refractivity contribution in [2.75, 3.05) is 11.1 Å². The van der Waals surface area contributed by atoms with Crippen molar-refractivity contribution in [2.45, 2.75) is 17.9 Å². The Balaban J connectivity index is 1.55. The highest BCUT2D eigenvalue weighted by atomic mass is 35.5. The van der Waals surface area contributed by atoms with Crippen LogP contribution in [0.2, 0.25) is 5.02 Å². The van der Waals surface area contributed by atoms with Crippen LogP contribution in [0.1, 0.15) is 11.4 Å². The summed E-state index contributed by atoms with van der Waals surface area (Å²) >= 11 is 6.96. The number of carbonyl (C=O) groups excluding carboxylic acids is 1. The molecular weight excluding hydrogens is 460 g/mol. The average Bonchev–Trinajstić information content (AvgIpc) is 3.05. The maximum atomic E-state index is 13.1. The molecule has 0 atom stereocenters. The number of nitrogens with one attached hydrogen (secondary N) is 1. The number of halogens is 5. The minimum atomic E-state index is -4.50. The number of alkyl halides is 3. The van der Waals surface area contributed by atoms with Crippen molar-refractivity contribution in [1.29, 1.82) is 0 Å². The van der Waals surface area contributed by atoms with Gasteiger partial charge in [-0.25, -0.2) is 4.39 Å². The van der Waals surface area contributed by atoms with E-state index in [0.717, 1.165) is 30.0 Å². The standard InChI is InChI=1S/C19H15ClF4N4O2S/c1-28-16(9-30-15-6-5-12(21)8-14(15)20)26-27-18(28)31-10-17(29)25-13-4-2-3-11(7-13)19(22,23)24/h2-8H,9-10H2,1H3,(H,25,29). The van der Waals surface area contributed by atoms with Crippen molar-refractivity contribution < 1.29 is 27.1 Å². The molecule has 0 saturated heterocycles. The predicted molar refractivity (Wildman–Crippen MR) is 108 cm³/mol. The smallest absolute Gasteiger partial charge is 0.416 e. The fourth-order valence-electron chi connectivity index (χ4n) is 2.43. The maximum Gasteiger partial charge on any atom is 0.416 e. The summed E-state index contributed by atoms with van der Waals surface area (Å²) in [5.41, 5.74) is -0.805. The summed E-state index contributed by atoms with van der Waals surface area (Å²) in [6.07, 6.45) is -4.50.